The van der Waals surface area contributed by atoms with E-state index in [4.69, 9.17) is 5.14 Å². The first-order chi connectivity index (χ1) is 7.48. The van der Waals surface area contributed by atoms with Crippen LogP contribution in [0.5, 0.6) is 0 Å². The van der Waals surface area contributed by atoms with Gasteiger partial charge in [-0.25, -0.2) is 5.14 Å². The summed E-state index contributed by atoms with van der Waals surface area (Å²) >= 11 is 0. The summed E-state index contributed by atoms with van der Waals surface area (Å²) in [6.07, 6.45) is 7.02. The molecule has 0 heterocycles. The molecule has 0 aliphatic heterocycles. The fourth-order valence-electron chi connectivity index (χ4n) is 3.53. The maximum Gasteiger partial charge on any atom is 0.274 e. The molecule has 0 saturated heterocycles. The van der Waals surface area contributed by atoms with Crippen LogP contribution >= 0.6 is 0 Å². The molecular formula is C11H22N2O2S. The Morgan fingerprint density at radius 1 is 1.25 bits per heavy atom. The molecule has 0 aromatic carbocycles. The molecule has 3 N–H and O–H groups in total. The predicted molar refractivity (Wildman–Crippen MR) is 63.9 cm³/mol. The van der Waals surface area contributed by atoms with Gasteiger partial charge in [-0.2, -0.15) is 13.1 Å². The molecule has 2 rings (SSSR count). The van der Waals surface area contributed by atoms with Crippen molar-refractivity contribution < 1.29 is 8.42 Å². The zero-order valence-corrected chi connectivity index (χ0v) is 10.7. The van der Waals surface area contributed by atoms with Crippen LogP contribution in [0.15, 0.2) is 0 Å². The molecule has 5 heteroatoms. The molecule has 0 aromatic rings. The van der Waals surface area contributed by atoms with Crippen molar-refractivity contribution in [3.8, 4) is 0 Å². The van der Waals surface area contributed by atoms with Crippen molar-refractivity contribution in [2.24, 2.45) is 22.9 Å². The minimum atomic E-state index is -3.53. The zero-order valence-electron chi connectivity index (χ0n) is 9.85. The third-order valence-electron chi connectivity index (χ3n) is 4.29. The Kier molecular flexibility index (Phi) is 3.56. The molecular weight excluding hydrogens is 224 g/mol. The predicted octanol–water partition coefficient (Wildman–Crippen LogP) is 1.38. The van der Waals surface area contributed by atoms with Crippen molar-refractivity contribution in [1.82, 2.24) is 4.72 Å². The van der Waals surface area contributed by atoms with Crippen LogP contribution in [-0.2, 0) is 10.2 Å². The summed E-state index contributed by atoms with van der Waals surface area (Å²) in [5.74, 6) is 2.12. The summed E-state index contributed by atoms with van der Waals surface area (Å²) in [5.41, 5.74) is 0. The van der Waals surface area contributed by atoms with Crippen molar-refractivity contribution in [2.45, 2.75) is 51.5 Å². The lowest BCUT2D eigenvalue weighted by molar-refractivity contribution is 0.110. The Hall–Kier alpha value is -0.130. The van der Waals surface area contributed by atoms with Gasteiger partial charge in [-0.15, -0.1) is 0 Å². The smallest absolute Gasteiger partial charge is 0.216 e. The van der Waals surface area contributed by atoms with E-state index in [0.29, 0.717) is 5.92 Å². The first-order valence-corrected chi connectivity index (χ1v) is 7.82. The van der Waals surface area contributed by atoms with Gasteiger partial charge >= 0.3 is 0 Å². The largest absolute Gasteiger partial charge is 0.274 e. The molecule has 2 fully saturated rings. The molecule has 16 heavy (non-hydrogen) atoms. The number of rotatable bonds is 3. The van der Waals surface area contributed by atoms with Crippen LogP contribution in [0.2, 0.25) is 0 Å². The van der Waals surface area contributed by atoms with E-state index in [2.05, 4.69) is 11.6 Å². The number of nitrogens with two attached hydrogens (primary N) is 1. The third-order valence-corrected chi connectivity index (χ3v) is 4.92. The maximum absolute atomic E-state index is 11.1. The number of fused-ring (bicyclic) bond motifs is 2. The second-order valence-electron chi connectivity index (χ2n) is 5.45. The second kappa shape index (κ2) is 4.63. The molecule has 4 nitrogen and oxygen atoms in total. The molecule has 2 aliphatic rings. The first-order valence-electron chi connectivity index (χ1n) is 6.28. The molecule has 2 saturated carbocycles. The molecule has 2 bridgehead atoms. The molecule has 2 aliphatic carbocycles. The van der Waals surface area contributed by atoms with Crippen molar-refractivity contribution in [3.05, 3.63) is 0 Å². The average molecular weight is 246 g/mol. The standard InChI is InChI=1S/C11H22N2O2S/c1-2-8-5-9-3-4-11(10(6-8)7-9)13-16(12,14)15/h8-11,13H,2-7H2,1H3,(H2,12,14,15). The quantitative estimate of drug-likeness (QED) is 0.789. The van der Waals surface area contributed by atoms with Crippen LogP contribution in [0.3, 0.4) is 0 Å². The van der Waals surface area contributed by atoms with Gasteiger partial charge < -0.3 is 0 Å². The Morgan fingerprint density at radius 2 is 2.00 bits per heavy atom. The summed E-state index contributed by atoms with van der Waals surface area (Å²) in [6, 6.07) is 0.0839. The van der Waals surface area contributed by atoms with E-state index in [1.165, 1.54) is 25.7 Å². The highest BCUT2D eigenvalue weighted by Crippen LogP contribution is 2.43. The molecule has 4 unspecified atom stereocenters. The van der Waals surface area contributed by atoms with Crippen LogP contribution in [0.1, 0.15) is 45.4 Å². The lowest BCUT2D eigenvalue weighted by Crippen LogP contribution is -2.48. The summed E-state index contributed by atoms with van der Waals surface area (Å²) in [5, 5.41) is 5.06. The number of nitrogens with one attached hydrogen (secondary N) is 1. The molecule has 0 aromatic heterocycles. The zero-order chi connectivity index (χ0) is 11.8. The van der Waals surface area contributed by atoms with Crippen LogP contribution in [0.25, 0.3) is 0 Å². The second-order valence-corrected chi connectivity index (χ2v) is 6.78. The van der Waals surface area contributed by atoms with E-state index in [1.807, 2.05) is 0 Å². The van der Waals surface area contributed by atoms with Gasteiger partial charge in [0.1, 0.15) is 0 Å². The number of hydrogen-bond acceptors (Lipinski definition) is 2. The van der Waals surface area contributed by atoms with E-state index >= 15 is 0 Å². The number of hydrogen-bond donors (Lipinski definition) is 2. The first kappa shape index (κ1) is 12.3. The average Bonchev–Trinajstić information content (AvgIpc) is 2.20. The van der Waals surface area contributed by atoms with Gasteiger partial charge in [-0.05, 0) is 49.9 Å². The van der Waals surface area contributed by atoms with Crippen molar-refractivity contribution >= 4 is 10.2 Å². The topological polar surface area (TPSA) is 72.2 Å². The monoisotopic (exact) mass is 246 g/mol. The fraction of sp³-hybridized carbons (Fsp3) is 1.00. The van der Waals surface area contributed by atoms with Gasteiger partial charge in [0.2, 0.25) is 0 Å². The van der Waals surface area contributed by atoms with Gasteiger partial charge in [0, 0.05) is 6.04 Å². The minimum Gasteiger partial charge on any atom is -0.216 e. The fourth-order valence-corrected chi connectivity index (χ4v) is 4.26. The highest BCUT2D eigenvalue weighted by Gasteiger charge is 2.37. The van der Waals surface area contributed by atoms with Gasteiger partial charge in [0.05, 0.1) is 0 Å². The Morgan fingerprint density at radius 3 is 2.62 bits per heavy atom. The maximum atomic E-state index is 11.1. The summed E-state index contributed by atoms with van der Waals surface area (Å²) in [6.45, 7) is 2.23. The van der Waals surface area contributed by atoms with E-state index in [1.54, 1.807) is 0 Å². The van der Waals surface area contributed by atoms with Crippen LogP contribution < -0.4 is 9.86 Å². The lowest BCUT2D eigenvalue weighted by atomic mass is 9.65. The molecule has 4 atom stereocenters. The van der Waals surface area contributed by atoms with Gasteiger partial charge in [0.15, 0.2) is 0 Å². The normalized spacial score (nSPS) is 39.6. The van der Waals surface area contributed by atoms with Crippen molar-refractivity contribution in [3.63, 3.8) is 0 Å². The van der Waals surface area contributed by atoms with E-state index in [-0.39, 0.29) is 6.04 Å². The SMILES string of the molecule is CCC1CC2CCC(NS(N)(=O)=O)C(C1)C2. The van der Waals surface area contributed by atoms with Gasteiger partial charge in [0.25, 0.3) is 10.2 Å². The Bertz CT molecular complexity index is 342. The highest BCUT2D eigenvalue weighted by molar-refractivity contribution is 7.87. The van der Waals surface area contributed by atoms with Crippen molar-refractivity contribution in [2.75, 3.05) is 0 Å². The highest BCUT2D eigenvalue weighted by atomic mass is 32.2. The summed E-state index contributed by atoms with van der Waals surface area (Å²) < 4.78 is 24.8. The van der Waals surface area contributed by atoms with Crippen LogP contribution in [0.4, 0.5) is 0 Å². The molecule has 94 valence electrons. The summed E-state index contributed by atoms with van der Waals surface area (Å²) in [4.78, 5) is 0. The van der Waals surface area contributed by atoms with Crippen LogP contribution in [-0.4, -0.2) is 14.5 Å². The Labute approximate surface area is 98.2 Å². The van der Waals surface area contributed by atoms with Gasteiger partial charge in [-0.1, -0.05) is 13.3 Å². The van der Waals surface area contributed by atoms with Crippen molar-refractivity contribution in [1.29, 1.82) is 0 Å². The Balaban J connectivity index is 2.01. The molecule has 0 amide bonds. The molecule has 0 spiro atoms. The third kappa shape index (κ3) is 2.96. The van der Waals surface area contributed by atoms with E-state index in [9.17, 15) is 8.42 Å². The van der Waals surface area contributed by atoms with E-state index < -0.39 is 10.2 Å². The minimum absolute atomic E-state index is 0.0839. The summed E-state index contributed by atoms with van der Waals surface area (Å²) in [7, 11) is -3.53. The van der Waals surface area contributed by atoms with Crippen LogP contribution in [0, 0.1) is 17.8 Å². The lowest BCUT2D eigenvalue weighted by Gasteiger charge is -2.43. The molecule has 0 radical (unpaired) electrons. The van der Waals surface area contributed by atoms with E-state index in [0.717, 1.165) is 24.7 Å². The van der Waals surface area contributed by atoms with Gasteiger partial charge in [-0.3, -0.25) is 0 Å².